The fourth-order valence-corrected chi connectivity index (χ4v) is 3.94. The number of nitrogens with two attached hydrogens (primary N) is 1. The lowest BCUT2D eigenvalue weighted by atomic mass is 10.0. The number of anilines is 1. The van der Waals surface area contributed by atoms with Gasteiger partial charge in [-0.2, -0.15) is 5.10 Å². The zero-order chi connectivity index (χ0) is 21.7. The number of aromatic nitrogens is 6. The number of nitrogens with one attached hydrogen (secondary N) is 2. The molecule has 5 aromatic heterocycles. The second-order valence-electron chi connectivity index (χ2n) is 7.51. The highest BCUT2D eigenvalue weighted by atomic mass is 19.1. The topological polar surface area (TPSA) is 109 Å². The van der Waals surface area contributed by atoms with Crippen LogP contribution in [-0.4, -0.2) is 30.1 Å². The maximum atomic E-state index is 13.8. The zero-order valence-corrected chi connectivity index (χ0v) is 16.7. The van der Waals surface area contributed by atoms with E-state index in [4.69, 9.17) is 5.73 Å². The summed E-state index contributed by atoms with van der Waals surface area (Å²) >= 11 is 0. The van der Waals surface area contributed by atoms with Crippen molar-refractivity contribution in [1.29, 1.82) is 0 Å². The number of pyridine rings is 3. The number of halogens is 1. The molecule has 7 nitrogen and oxygen atoms in total. The Morgan fingerprint density at radius 3 is 2.69 bits per heavy atom. The fraction of sp³-hybridized carbons (Fsp3) is 0. The van der Waals surface area contributed by atoms with Crippen molar-refractivity contribution in [3.8, 4) is 33.8 Å². The first-order valence-electron chi connectivity index (χ1n) is 9.95. The molecule has 0 amide bonds. The summed E-state index contributed by atoms with van der Waals surface area (Å²) in [7, 11) is 0. The number of rotatable bonds is 3. The molecule has 0 atom stereocenters. The van der Waals surface area contributed by atoms with E-state index in [0.717, 1.165) is 50.1 Å². The van der Waals surface area contributed by atoms with Gasteiger partial charge >= 0.3 is 0 Å². The predicted molar refractivity (Wildman–Crippen MR) is 122 cm³/mol. The van der Waals surface area contributed by atoms with Gasteiger partial charge in [-0.05, 0) is 47.5 Å². The van der Waals surface area contributed by atoms with Gasteiger partial charge in [0.1, 0.15) is 17.2 Å². The average molecular weight is 421 g/mol. The summed E-state index contributed by atoms with van der Waals surface area (Å²) in [6.07, 6.45) is 6.77. The summed E-state index contributed by atoms with van der Waals surface area (Å²) in [5, 5.41) is 9.32. The molecule has 0 saturated heterocycles. The molecule has 0 unspecified atom stereocenters. The van der Waals surface area contributed by atoms with Gasteiger partial charge in [-0.3, -0.25) is 15.1 Å². The Balaban J connectivity index is 1.51. The number of aromatic amines is 2. The molecule has 5 heterocycles. The van der Waals surface area contributed by atoms with Gasteiger partial charge in [0.15, 0.2) is 0 Å². The molecule has 0 aliphatic heterocycles. The van der Waals surface area contributed by atoms with E-state index in [9.17, 15) is 4.39 Å². The molecular weight excluding hydrogens is 405 g/mol. The Morgan fingerprint density at radius 1 is 0.875 bits per heavy atom. The van der Waals surface area contributed by atoms with Crippen molar-refractivity contribution < 1.29 is 4.39 Å². The molecule has 8 heteroatoms. The van der Waals surface area contributed by atoms with Crippen LogP contribution in [-0.2, 0) is 0 Å². The van der Waals surface area contributed by atoms with Crippen molar-refractivity contribution in [3.05, 3.63) is 79.1 Å². The summed E-state index contributed by atoms with van der Waals surface area (Å²) in [4.78, 5) is 16.5. The van der Waals surface area contributed by atoms with E-state index in [1.807, 2.05) is 30.3 Å². The second-order valence-corrected chi connectivity index (χ2v) is 7.51. The Hall–Kier alpha value is -4.59. The second kappa shape index (κ2) is 6.98. The van der Waals surface area contributed by atoms with Gasteiger partial charge in [0, 0.05) is 34.9 Å². The van der Waals surface area contributed by atoms with Crippen LogP contribution in [0.5, 0.6) is 0 Å². The molecule has 6 aromatic rings. The minimum atomic E-state index is -0.280. The number of fused-ring (bicyclic) bond motifs is 2. The average Bonchev–Trinajstić information content (AvgIpc) is 3.42. The van der Waals surface area contributed by atoms with Crippen molar-refractivity contribution in [2.24, 2.45) is 0 Å². The lowest BCUT2D eigenvalue weighted by Gasteiger charge is -2.03. The molecule has 0 bridgehead atoms. The molecule has 0 spiro atoms. The van der Waals surface area contributed by atoms with Crippen LogP contribution in [0.2, 0.25) is 0 Å². The van der Waals surface area contributed by atoms with Crippen LogP contribution in [0.25, 0.3) is 55.7 Å². The van der Waals surface area contributed by atoms with E-state index < -0.39 is 0 Å². The highest BCUT2D eigenvalue weighted by Gasteiger charge is 2.15. The molecule has 0 radical (unpaired) electrons. The van der Waals surface area contributed by atoms with E-state index >= 15 is 0 Å². The molecule has 0 aliphatic rings. The van der Waals surface area contributed by atoms with Gasteiger partial charge in [-0.1, -0.05) is 12.1 Å². The Labute approximate surface area is 181 Å². The number of nitrogen functional groups attached to an aromatic ring is 1. The van der Waals surface area contributed by atoms with Crippen molar-refractivity contribution in [2.45, 2.75) is 0 Å². The molecule has 32 heavy (non-hydrogen) atoms. The van der Waals surface area contributed by atoms with Crippen molar-refractivity contribution in [3.63, 3.8) is 0 Å². The van der Waals surface area contributed by atoms with Crippen LogP contribution in [0.4, 0.5) is 10.1 Å². The lowest BCUT2D eigenvalue weighted by molar-refractivity contribution is 0.628. The minimum absolute atomic E-state index is 0.280. The Kier molecular flexibility index (Phi) is 3.97. The largest absolute Gasteiger partial charge is 0.397 e. The molecule has 0 fully saturated rings. The SMILES string of the molecule is Nc1cncc(-c2cc3c(-c4cc5c(-c6cccc(F)c6)ccnc5[nH]4)n[nH]c3cn2)c1. The quantitative estimate of drug-likeness (QED) is 0.374. The van der Waals surface area contributed by atoms with Gasteiger partial charge in [0.2, 0.25) is 0 Å². The number of H-pyrrole nitrogens is 2. The van der Waals surface area contributed by atoms with Crippen molar-refractivity contribution in [1.82, 2.24) is 30.1 Å². The smallest absolute Gasteiger partial charge is 0.138 e. The van der Waals surface area contributed by atoms with Crippen LogP contribution >= 0.6 is 0 Å². The predicted octanol–water partition coefficient (Wildman–Crippen LogP) is 4.95. The molecule has 0 saturated carbocycles. The van der Waals surface area contributed by atoms with Crippen LogP contribution in [0.1, 0.15) is 0 Å². The van der Waals surface area contributed by atoms with E-state index in [-0.39, 0.29) is 5.82 Å². The van der Waals surface area contributed by atoms with Crippen LogP contribution in [0, 0.1) is 5.82 Å². The highest BCUT2D eigenvalue weighted by Crippen LogP contribution is 2.34. The van der Waals surface area contributed by atoms with Crippen molar-refractivity contribution in [2.75, 3.05) is 5.73 Å². The third kappa shape index (κ3) is 2.97. The normalized spacial score (nSPS) is 11.4. The molecule has 154 valence electrons. The summed E-state index contributed by atoms with van der Waals surface area (Å²) in [6, 6.07) is 14.2. The lowest BCUT2D eigenvalue weighted by Crippen LogP contribution is -1.89. The molecule has 4 N–H and O–H groups in total. The van der Waals surface area contributed by atoms with Crippen molar-refractivity contribution >= 4 is 27.6 Å². The maximum Gasteiger partial charge on any atom is 0.138 e. The highest BCUT2D eigenvalue weighted by molar-refractivity contribution is 6.00. The molecule has 1 aromatic carbocycles. The van der Waals surface area contributed by atoms with Crippen LogP contribution in [0.15, 0.2) is 73.3 Å². The number of hydrogen-bond donors (Lipinski definition) is 3. The van der Waals surface area contributed by atoms with Crippen LogP contribution < -0.4 is 5.73 Å². The first kappa shape index (κ1) is 18.2. The van der Waals surface area contributed by atoms with E-state index in [0.29, 0.717) is 11.3 Å². The third-order valence-electron chi connectivity index (χ3n) is 5.43. The number of hydrogen-bond acceptors (Lipinski definition) is 5. The Morgan fingerprint density at radius 2 is 1.81 bits per heavy atom. The molecule has 6 rings (SSSR count). The summed E-state index contributed by atoms with van der Waals surface area (Å²) in [5.74, 6) is -0.280. The number of benzene rings is 1. The van der Waals surface area contributed by atoms with Gasteiger partial charge in [-0.15, -0.1) is 0 Å². The molecular formula is C24H16FN7. The standard InChI is InChI=1S/C24H16FN7/c25-15-3-1-2-13(6-15)17-4-5-28-24-18(17)8-21(30-24)23-19-9-20(29-12-22(19)31-32-23)14-7-16(26)11-27-10-14/h1-12H,26H2,(H,28,30)(H,31,32). The van der Waals surface area contributed by atoms with E-state index in [1.165, 1.54) is 12.1 Å². The summed E-state index contributed by atoms with van der Waals surface area (Å²) < 4.78 is 13.8. The third-order valence-corrected chi connectivity index (χ3v) is 5.43. The first-order valence-corrected chi connectivity index (χ1v) is 9.95. The summed E-state index contributed by atoms with van der Waals surface area (Å²) in [5.41, 5.74) is 12.7. The van der Waals surface area contributed by atoms with Gasteiger partial charge in [0.25, 0.3) is 0 Å². The monoisotopic (exact) mass is 421 g/mol. The van der Waals surface area contributed by atoms with Gasteiger partial charge < -0.3 is 10.7 Å². The van der Waals surface area contributed by atoms with Gasteiger partial charge in [-0.25, -0.2) is 9.37 Å². The Bertz CT molecular complexity index is 1620. The first-order chi connectivity index (χ1) is 15.7. The zero-order valence-electron chi connectivity index (χ0n) is 16.7. The van der Waals surface area contributed by atoms with E-state index in [2.05, 4.69) is 30.1 Å². The van der Waals surface area contributed by atoms with Crippen LogP contribution in [0.3, 0.4) is 0 Å². The number of nitrogens with zero attached hydrogens (tertiary/aromatic N) is 4. The summed E-state index contributed by atoms with van der Waals surface area (Å²) in [6.45, 7) is 0. The van der Waals surface area contributed by atoms with E-state index in [1.54, 1.807) is 30.9 Å². The van der Waals surface area contributed by atoms with Gasteiger partial charge in [0.05, 0.1) is 28.8 Å². The molecule has 0 aliphatic carbocycles. The fourth-order valence-electron chi connectivity index (χ4n) is 3.94. The minimum Gasteiger partial charge on any atom is -0.397 e. The maximum absolute atomic E-state index is 13.8.